The van der Waals surface area contributed by atoms with Crippen molar-refractivity contribution in [1.29, 1.82) is 0 Å². The molecule has 0 atom stereocenters. The van der Waals surface area contributed by atoms with Crippen LogP contribution in [-0.4, -0.2) is 25.8 Å². The Balaban J connectivity index is 1.59. The molecule has 2 aromatic carbocycles. The van der Waals surface area contributed by atoms with Crippen molar-refractivity contribution < 1.29 is 9.32 Å². The molecule has 0 spiro atoms. The minimum absolute atomic E-state index is 0.256. The van der Waals surface area contributed by atoms with Crippen LogP contribution in [0, 0.1) is 13.8 Å². The lowest BCUT2D eigenvalue weighted by Gasteiger charge is -2.21. The van der Waals surface area contributed by atoms with Crippen molar-refractivity contribution in [1.82, 2.24) is 25.2 Å². The molecule has 1 amide bonds. The molecule has 4 aromatic rings. The van der Waals surface area contributed by atoms with Gasteiger partial charge >= 0.3 is 0 Å². The van der Waals surface area contributed by atoms with Crippen LogP contribution in [0.1, 0.15) is 42.3 Å². The van der Waals surface area contributed by atoms with Gasteiger partial charge in [-0.25, -0.2) is 0 Å². The largest absolute Gasteiger partial charge is 0.340 e. The van der Waals surface area contributed by atoms with Gasteiger partial charge in [-0.05, 0) is 32.4 Å². The third kappa shape index (κ3) is 5.44. The van der Waals surface area contributed by atoms with Gasteiger partial charge in [0.2, 0.25) is 11.8 Å². The van der Waals surface area contributed by atoms with Crippen molar-refractivity contribution in [2.24, 2.45) is 0 Å². The molecule has 0 saturated heterocycles. The molecular weight excluding hydrogens is 414 g/mol. The van der Waals surface area contributed by atoms with Gasteiger partial charge in [0.15, 0.2) is 5.82 Å². The Bertz CT molecular complexity index is 1270. The molecule has 2 heterocycles. The highest BCUT2D eigenvalue weighted by Gasteiger charge is 2.27. The van der Waals surface area contributed by atoms with Gasteiger partial charge in [-0.2, -0.15) is 10.1 Å². The van der Waals surface area contributed by atoms with Gasteiger partial charge in [-0.3, -0.25) is 9.48 Å². The zero-order valence-electron chi connectivity index (χ0n) is 19.2. The number of aryl methyl sites for hydroxylation is 2. The number of hydrogen-bond donors (Lipinski definition) is 1. The molecular formula is C26H27N5O2. The van der Waals surface area contributed by atoms with Crippen LogP contribution < -0.4 is 5.32 Å². The summed E-state index contributed by atoms with van der Waals surface area (Å²) in [4.78, 5) is 16.9. The minimum atomic E-state index is -0.767. The Kier molecular flexibility index (Phi) is 6.22. The van der Waals surface area contributed by atoms with E-state index >= 15 is 0 Å². The molecule has 0 aliphatic heterocycles. The van der Waals surface area contributed by atoms with Crippen LogP contribution in [0.15, 0.2) is 71.4 Å². The van der Waals surface area contributed by atoms with E-state index in [0.29, 0.717) is 18.3 Å². The van der Waals surface area contributed by atoms with Gasteiger partial charge in [-0.15, -0.1) is 0 Å². The molecule has 0 aliphatic rings. The van der Waals surface area contributed by atoms with Crippen molar-refractivity contribution in [3.05, 3.63) is 95.3 Å². The fourth-order valence-corrected chi connectivity index (χ4v) is 3.47. The Hall–Kier alpha value is -4.00. The van der Waals surface area contributed by atoms with Crippen LogP contribution in [0.2, 0.25) is 0 Å². The summed E-state index contributed by atoms with van der Waals surface area (Å²) in [6.07, 6.45) is 5.26. The maximum absolute atomic E-state index is 12.7. The number of hydrogen-bond acceptors (Lipinski definition) is 5. The lowest BCUT2D eigenvalue weighted by Crippen LogP contribution is -2.41. The molecule has 0 saturated carbocycles. The molecule has 0 aliphatic carbocycles. The first-order valence-electron chi connectivity index (χ1n) is 10.8. The first-order valence-corrected chi connectivity index (χ1v) is 10.8. The molecule has 4 rings (SSSR count). The van der Waals surface area contributed by atoms with Crippen LogP contribution >= 0.6 is 0 Å². The quantitative estimate of drug-likeness (QED) is 0.422. The van der Waals surface area contributed by atoms with E-state index in [9.17, 15) is 4.79 Å². The number of nitrogens with one attached hydrogen (secondary N) is 1. The molecule has 33 heavy (non-hydrogen) atoms. The van der Waals surface area contributed by atoms with Crippen molar-refractivity contribution in [3.63, 3.8) is 0 Å². The number of benzene rings is 2. The molecule has 2 aromatic heterocycles. The number of carbonyl (C=O) groups is 1. The summed E-state index contributed by atoms with van der Waals surface area (Å²) in [7, 11) is 0. The van der Waals surface area contributed by atoms with E-state index in [1.54, 1.807) is 13.0 Å². The van der Waals surface area contributed by atoms with Crippen molar-refractivity contribution in [2.45, 2.75) is 39.8 Å². The van der Waals surface area contributed by atoms with E-state index in [1.165, 1.54) is 11.6 Å². The van der Waals surface area contributed by atoms with Gasteiger partial charge in [0, 0.05) is 30.3 Å². The molecule has 1 N–H and O–H groups in total. The van der Waals surface area contributed by atoms with Crippen molar-refractivity contribution >= 4 is 12.0 Å². The molecule has 0 radical (unpaired) electrons. The van der Waals surface area contributed by atoms with Crippen LogP contribution in [0.5, 0.6) is 0 Å². The first-order chi connectivity index (χ1) is 15.8. The highest BCUT2D eigenvalue weighted by molar-refractivity contribution is 5.93. The summed E-state index contributed by atoms with van der Waals surface area (Å²) in [5.41, 5.74) is 4.24. The van der Waals surface area contributed by atoms with E-state index < -0.39 is 5.54 Å². The maximum Gasteiger partial charge on any atom is 0.244 e. The predicted molar refractivity (Wildman–Crippen MR) is 127 cm³/mol. The zero-order chi connectivity index (χ0) is 23.4. The van der Waals surface area contributed by atoms with E-state index in [0.717, 1.165) is 22.4 Å². The average Bonchev–Trinajstić information content (AvgIpc) is 3.40. The molecule has 0 unspecified atom stereocenters. The summed E-state index contributed by atoms with van der Waals surface area (Å²) in [6, 6.07) is 18.4. The summed E-state index contributed by atoms with van der Waals surface area (Å²) in [5, 5.41) is 11.7. The van der Waals surface area contributed by atoms with Crippen LogP contribution in [0.25, 0.3) is 17.3 Å². The van der Waals surface area contributed by atoms with Crippen molar-refractivity contribution in [3.8, 4) is 11.3 Å². The highest BCUT2D eigenvalue weighted by Crippen LogP contribution is 2.24. The highest BCUT2D eigenvalue weighted by atomic mass is 16.5. The number of rotatable bonds is 7. The average molecular weight is 442 g/mol. The predicted octanol–water partition coefficient (Wildman–Crippen LogP) is 4.66. The van der Waals surface area contributed by atoms with E-state index in [4.69, 9.17) is 9.62 Å². The Morgan fingerprint density at radius 3 is 2.48 bits per heavy atom. The second-order valence-corrected chi connectivity index (χ2v) is 8.57. The summed E-state index contributed by atoms with van der Waals surface area (Å²) >= 11 is 0. The number of carbonyl (C=O) groups excluding carboxylic acids is 1. The second kappa shape index (κ2) is 9.24. The number of nitrogens with zero attached hydrogens (tertiary/aromatic N) is 4. The Morgan fingerprint density at radius 1 is 1.09 bits per heavy atom. The minimum Gasteiger partial charge on any atom is -0.340 e. The standard InChI is InChI=1S/C26H27N5O2/c1-18-10-12-21(13-11-18)24-22(17-31(29-24)16-20-8-6-5-7-9-20)14-15-23(32)28-26(3,4)25-27-19(2)33-30-25/h5-15,17H,16H2,1-4H3,(H,28,32)/b15-14+. The number of aromatic nitrogens is 4. The lowest BCUT2D eigenvalue weighted by atomic mass is 10.0. The van der Waals surface area contributed by atoms with Crippen LogP contribution in [-0.2, 0) is 16.9 Å². The van der Waals surface area contributed by atoms with Gasteiger partial charge in [0.1, 0.15) is 0 Å². The van der Waals surface area contributed by atoms with Gasteiger partial charge < -0.3 is 9.84 Å². The summed E-state index contributed by atoms with van der Waals surface area (Å²) in [5.74, 6) is 0.627. The monoisotopic (exact) mass is 441 g/mol. The molecule has 7 nitrogen and oxygen atoms in total. The summed E-state index contributed by atoms with van der Waals surface area (Å²) in [6.45, 7) is 8.07. The third-order valence-electron chi connectivity index (χ3n) is 5.24. The smallest absolute Gasteiger partial charge is 0.244 e. The SMILES string of the molecule is Cc1ccc(-c2nn(Cc3ccccc3)cc2/C=C/C(=O)NC(C)(C)c2noc(C)n2)cc1. The molecule has 7 heteroatoms. The van der Waals surface area contributed by atoms with Crippen molar-refractivity contribution in [2.75, 3.05) is 0 Å². The normalized spacial score (nSPS) is 11.8. The maximum atomic E-state index is 12.7. The van der Waals surface area contributed by atoms with Crippen LogP contribution in [0.3, 0.4) is 0 Å². The van der Waals surface area contributed by atoms with E-state index in [-0.39, 0.29) is 5.91 Å². The Labute approximate surface area is 193 Å². The fraction of sp³-hybridized carbons (Fsp3) is 0.231. The summed E-state index contributed by atoms with van der Waals surface area (Å²) < 4.78 is 6.94. The van der Waals surface area contributed by atoms with E-state index in [1.807, 2.05) is 55.1 Å². The topological polar surface area (TPSA) is 85.8 Å². The number of amides is 1. The Morgan fingerprint density at radius 2 is 1.82 bits per heavy atom. The van der Waals surface area contributed by atoms with Gasteiger partial charge in [0.25, 0.3) is 0 Å². The van der Waals surface area contributed by atoms with Crippen LogP contribution in [0.4, 0.5) is 0 Å². The third-order valence-corrected chi connectivity index (χ3v) is 5.24. The first kappa shape index (κ1) is 22.2. The zero-order valence-corrected chi connectivity index (χ0v) is 19.2. The fourth-order valence-electron chi connectivity index (χ4n) is 3.47. The molecule has 168 valence electrons. The second-order valence-electron chi connectivity index (χ2n) is 8.57. The molecule has 0 fully saturated rings. The van der Waals surface area contributed by atoms with Gasteiger partial charge in [-0.1, -0.05) is 65.3 Å². The lowest BCUT2D eigenvalue weighted by molar-refractivity contribution is -0.118. The molecule has 0 bridgehead atoms. The van der Waals surface area contributed by atoms with E-state index in [2.05, 4.69) is 46.6 Å². The van der Waals surface area contributed by atoms with Gasteiger partial charge in [0.05, 0.1) is 17.8 Å².